The number of hydrogen-bond donors (Lipinski definition) is 1. The normalized spacial score (nSPS) is 12.6. The zero-order valence-electron chi connectivity index (χ0n) is 11.6. The average molecular weight is 267 g/mol. The molecule has 0 aliphatic heterocycles. The van der Waals surface area contributed by atoms with Gasteiger partial charge in [0.25, 0.3) is 0 Å². The molecular formula is C17H17NO2. The third-order valence-corrected chi connectivity index (χ3v) is 3.45. The maximum absolute atomic E-state index is 6.29. The highest BCUT2D eigenvalue weighted by Gasteiger charge is 2.14. The Kier molecular flexibility index (Phi) is 3.20. The zero-order chi connectivity index (χ0) is 14.1. The van der Waals surface area contributed by atoms with Crippen LogP contribution >= 0.6 is 0 Å². The van der Waals surface area contributed by atoms with Gasteiger partial charge in [0.15, 0.2) is 0 Å². The van der Waals surface area contributed by atoms with E-state index in [1.807, 2.05) is 42.5 Å². The fraction of sp³-hybridized carbons (Fsp3) is 0.176. The molecule has 2 aromatic carbocycles. The minimum atomic E-state index is -0.294. The van der Waals surface area contributed by atoms with Crippen LogP contribution in [-0.4, -0.2) is 7.11 Å². The van der Waals surface area contributed by atoms with Crippen LogP contribution in [-0.2, 0) is 0 Å². The molecule has 0 fully saturated rings. The molecule has 0 saturated carbocycles. The highest BCUT2D eigenvalue weighted by molar-refractivity contribution is 5.78. The highest BCUT2D eigenvalue weighted by Crippen LogP contribution is 2.28. The number of nitrogens with two attached hydrogens (primary N) is 1. The van der Waals surface area contributed by atoms with Gasteiger partial charge < -0.3 is 14.9 Å². The van der Waals surface area contributed by atoms with Gasteiger partial charge in [-0.3, -0.25) is 0 Å². The molecule has 1 atom stereocenters. The van der Waals surface area contributed by atoms with Crippen molar-refractivity contribution in [3.8, 4) is 5.75 Å². The van der Waals surface area contributed by atoms with Crippen LogP contribution in [0.1, 0.15) is 22.9 Å². The maximum atomic E-state index is 6.29. The van der Waals surface area contributed by atoms with Crippen LogP contribution in [0.3, 0.4) is 0 Å². The van der Waals surface area contributed by atoms with Crippen LogP contribution in [0.2, 0.25) is 0 Å². The van der Waals surface area contributed by atoms with Crippen molar-refractivity contribution in [1.29, 1.82) is 0 Å². The highest BCUT2D eigenvalue weighted by atomic mass is 16.5. The maximum Gasteiger partial charge on any atom is 0.134 e. The standard InChI is InChI=1S/C17H17NO2/c1-11-6-7-15-13(8-11)10-16(20-15)17(18)12-4-3-5-14(9-12)19-2/h3-10,17H,18H2,1-2H3. The molecule has 1 aromatic heterocycles. The molecule has 1 unspecified atom stereocenters. The summed E-state index contributed by atoms with van der Waals surface area (Å²) in [6.07, 6.45) is 0. The van der Waals surface area contributed by atoms with Crippen LogP contribution in [0.5, 0.6) is 5.75 Å². The lowest BCUT2D eigenvalue weighted by Gasteiger charge is -2.10. The molecule has 0 radical (unpaired) electrons. The summed E-state index contributed by atoms with van der Waals surface area (Å²) < 4.78 is 11.1. The van der Waals surface area contributed by atoms with E-state index in [0.717, 1.165) is 28.0 Å². The van der Waals surface area contributed by atoms with Gasteiger partial charge in [-0.2, -0.15) is 0 Å². The van der Waals surface area contributed by atoms with Crippen LogP contribution in [0.25, 0.3) is 11.0 Å². The quantitative estimate of drug-likeness (QED) is 0.785. The number of fused-ring (bicyclic) bond motifs is 1. The van der Waals surface area contributed by atoms with E-state index in [1.165, 1.54) is 5.56 Å². The van der Waals surface area contributed by atoms with Gasteiger partial charge in [-0.25, -0.2) is 0 Å². The molecule has 0 bridgehead atoms. The Morgan fingerprint density at radius 1 is 1.10 bits per heavy atom. The Morgan fingerprint density at radius 3 is 2.75 bits per heavy atom. The largest absolute Gasteiger partial charge is 0.497 e. The molecule has 0 aliphatic carbocycles. The smallest absolute Gasteiger partial charge is 0.134 e. The summed E-state index contributed by atoms with van der Waals surface area (Å²) >= 11 is 0. The van der Waals surface area contributed by atoms with Gasteiger partial charge in [-0.05, 0) is 42.8 Å². The Labute approximate surface area is 118 Å². The Morgan fingerprint density at radius 2 is 1.95 bits per heavy atom. The number of ether oxygens (including phenoxy) is 1. The first-order chi connectivity index (χ1) is 9.67. The van der Waals surface area contributed by atoms with Crippen molar-refractivity contribution in [3.05, 3.63) is 65.4 Å². The number of hydrogen-bond acceptors (Lipinski definition) is 3. The summed E-state index contributed by atoms with van der Waals surface area (Å²) in [6, 6.07) is 15.6. The second-order valence-corrected chi connectivity index (χ2v) is 4.94. The first-order valence-corrected chi connectivity index (χ1v) is 6.57. The van der Waals surface area contributed by atoms with Gasteiger partial charge in [0.1, 0.15) is 17.1 Å². The molecule has 3 aromatic rings. The molecule has 102 valence electrons. The summed E-state index contributed by atoms with van der Waals surface area (Å²) in [6.45, 7) is 2.06. The SMILES string of the molecule is COc1cccc(C(N)c2cc3cc(C)ccc3o2)c1. The Bertz CT molecular complexity index is 746. The lowest BCUT2D eigenvalue weighted by Crippen LogP contribution is -2.10. The second-order valence-electron chi connectivity index (χ2n) is 4.94. The van der Waals surface area contributed by atoms with Crippen molar-refractivity contribution in [2.24, 2.45) is 5.73 Å². The molecule has 3 nitrogen and oxygen atoms in total. The van der Waals surface area contributed by atoms with Crippen LogP contribution in [0, 0.1) is 6.92 Å². The number of methoxy groups -OCH3 is 1. The van der Waals surface area contributed by atoms with E-state index in [-0.39, 0.29) is 6.04 Å². The van der Waals surface area contributed by atoms with Gasteiger partial charge >= 0.3 is 0 Å². The van der Waals surface area contributed by atoms with Gasteiger partial charge in [0.05, 0.1) is 13.2 Å². The zero-order valence-corrected chi connectivity index (χ0v) is 11.6. The summed E-state index contributed by atoms with van der Waals surface area (Å²) in [4.78, 5) is 0. The van der Waals surface area contributed by atoms with Crippen molar-refractivity contribution in [2.75, 3.05) is 7.11 Å². The number of benzene rings is 2. The van der Waals surface area contributed by atoms with Gasteiger partial charge in [-0.1, -0.05) is 23.8 Å². The molecule has 1 heterocycles. The minimum absolute atomic E-state index is 0.294. The monoisotopic (exact) mass is 267 g/mol. The third-order valence-electron chi connectivity index (χ3n) is 3.45. The molecule has 0 aliphatic rings. The summed E-state index contributed by atoms with van der Waals surface area (Å²) in [5, 5.41) is 1.08. The molecular weight excluding hydrogens is 250 g/mol. The molecule has 3 rings (SSSR count). The Hall–Kier alpha value is -2.26. The van der Waals surface area contributed by atoms with Crippen molar-refractivity contribution in [3.63, 3.8) is 0 Å². The second kappa shape index (κ2) is 5.02. The first kappa shape index (κ1) is 12.8. The third kappa shape index (κ3) is 2.28. The fourth-order valence-corrected chi connectivity index (χ4v) is 2.34. The Balaban J connectivity index is 2.00. The fourth-order valence-electron chi connectivity index (χ4n) is 2.34. The van der Waals surface area contributed by atoms with Crippen LogP contribution in [0.4, 0.5) is 0 Å². The van der Waals surface area contributed by atoms with Gasteiger partial charge in [0.2, 0.25) is 0 Å². The molecule has 0 spiro atoms. The minimum Gasteiger partial charge on any atom is -0.497 e. The van der Waals surface area contributed by atoms with E-state index in [9.17, 15) is 0 Å². The number of rotatable bonds is 3. The van der Waals surface area contributed by atoms with Crippen LogP contribution < -0.4 is 10.5 Å². The lowest BCUT2D eigenvalue weighted by atomic mass is 10.0. The van der Waals surface area contributed by atoms with Crippen LogP contribution in [0.15, 0.2) is 52.9 Å². The topological polar surface area (TPSA) is 48.4 Å². The van der Waals surface area contributed by atoms with Crippen molar-refractivity contribution in [2.45, 2.75) is 13.0 Å². The molecule has 20 heavy (non-hydrogen) atoms. The van der Waals surface area contributed by atoms with E-state index < -0.39 is 0 Å². The summed E-state index contributed by atoms with van der Waals surface area (Å²) in [5.41, 5.74) is 9.34. The predicted molar refractivity (Wildman–Crippen MR) is 80.0 cm³/mol. The molecule has 0 saturated heterocycles. The van der Waals surface area contributed by atoms with Crippen molar-refractivity contribution >= 4 is 11.0 Å². The lowest BCUT2D eigenvalue weighted by molar-refractivity contribution is 0.413. The van der Waals surface area contributed by atoms with Gasteiger partial charge in [-0.15, -0.1) is 0 Å². The molecule has 0 amide bonds. The summed E-state index contributed by atoms with van der Waals surface area (Å²) in [7, 11) is 1.65. The van der Waals surface area contributed by atoms with Crippen molar-refractivity contribution in [1.82, 2.24) is 0 Å². The van der Waals surface area contributed by atoms with Gasteiger partial charge in [0, 0.05) is 5.39 Å². The first-order valence-electron chi connectivity index (χ1n) is 6.57. The van der Waals surface area contributed by atoms with E-state index in [4.69, 9.17) is 14.9 Å². The molecule has 3 heteroatoms. The van der Waals surface area contributed by atoms with E-state index in [1.54, 1.807) is 7.11 Å². The number of aryl methyl sites for hydroxylation is 1. The predicted octanol–water partition coefficient (Wildman–Crippen LogP) is 3.80. The summed E-state index contributed by atoms with van der Waals surface area (Å²) in [5.74, 6) is 1.56. The number of furan rings is 1. The average Bonchev–Trinajstić information content (AvgIpc) is 2.89. The van der Waals surface area contributed by atoms with E-state index in [2.05, 4.69) is 13.0 Å². The van der Waals surface area contributed by atoms with E-state index >= 15 is 0 Å². The molecule has 2 N–H and O–H groups in total. The van der Waals surface area contributed by atoms with Crippen molar-refractivity contribution < 1.29 is 9.15 Å². The van der Waals surface area contributed by atoms with E-state index in [0.29, 0.717) is 0 Å².